The van der Waals surface area contributed by atoms with Gasteiger partial charge in [-0.2, -0.15) is 0 Å². The van der Waals surface area contributed by atoms with Crippen molar-refractivity contribution in [3.63, 3.8) is 0 Å². The Hall–Kier alpha value is -2.74. The molecule has 0 aromatic heterocycles. The van der Waals surface area contributed by atoms with Crippen LogP contribution in [0.5, 0.6) is 0 Å². The summed E-state index contributed by atoms with van der Waals surface area (Å²) in [5, 5.41) is 0. The highest BCUT2D eigenvalue weighted by molar-refractivity contribution is 5.82. The highest BCUT2D eigenvalue weighted by Crippen LogP contribution is 2.26. The number of aliphatic imine (C=N–C) groups is 1. The van der Waals surface area contributed by atoms with E-state index in [0.717, 1.165) is 11.3 Å². The van der Waals surface area contributed by atoms with E-state index in [1.807, 2.05) is 37.3 Å². The van der Waals surface area contributed by atoms with Crippen molar-refractivity contribution in [2.45, 2.75) is 65.1 Å². The summed E-state index contributed by atoms with van der Waals surface area (Å²) in [6.07, 6.45) is -2.96. The third-order valence-corrected chi connectivity index (χ3v) is 4.32. The molecule has 1 aromatic carbocycles. The fourth-order valence-corrected chi connectivity index (χ4v) is 3.16. The van der Waals surface area contributed by atoms with Crippen LogP contribution in [0.4, 0.5) is 0 Å². The predicted octanol–water partition coefficient (Wildman–Crippen LogP) is 2.23. The van der Waals surface area contributed by atoms with Gasteiger partial charge in [0.25, 0.3) is 0 Å². The van der Waals surface area contributed by atoms with Crippen LogP contribution < -0.4 is 0 Å². The molecule has 8 heteroatoms. The lowest BCUT2D eigenvalue weighted by molar-refractivity contribution is -0.224. The molecule has 0 radical (unpaired) electrons. The topological polar surface area (TPSA) is 100 Å². The van der Waals surface area contributed by atoms with Crippen molar-refractivity contribution < 1.29 is 33.3 Å². The van der Waals surface area contributed by atoms with Gasteiger partial charge < -0.3 is 18.9 Å². The maximum Gasteiger partial charge on any atom is 0.303 e. The molecule has 1 fully saturated rings. The molecule has 158 valence electrons. The molecule has 29 heavy (non-hydrogen) atoms. The van der Waals surface area contributed by atoms with Crippen LogP contribution in [-0.4, -0.2) is 54.6 Å². The molecule has 1 aromatic rings. The van der Waals surface area contributed by atoms with Crippen LogP contribution in [0.15, 0.2) is 35.3 Å². The Morgan fingerprint density at radius 3 is 2.10 bits per heavy atom. The highest BCUT2D eigenvalue weighted by atomic mass is 16.6. The Kier molecular flexibility index (Phi) is 8.33. The van der Waals surface area contributed by atoms with Crippen LogP contribution in [0.25, 0.3) is 0 Å². The molecule has 1 saturated heterocycles. The molecular weight excluding hydrogens is 378 g/mol. The van der Waals surface area contributed by atoms with Gasteiger partial charge in [-0.25, -0.2) is 0 Å². The largest absolute Gasteiger partial charge is 0.456 e. The minimum Gasteiger partial charge on any atom is -0.456 e. The van der Waals surface area contributed by atoms with Crippen LogP contribution in [-0.2, 0) is 39.9 Å². The van der Waals surface area contributed by atoms with E-state index in [2.05, 4.69) is 4.99 Å². The average molecular weight is 405 g/mol. The second-order valence-electron chi connectivity index (χ2n) is 6.91. The van der Waals surface area contributed by atoms with Crippen molar-refractivity contribution in [1.82, 2.24) is 0 Å². The first-order valence-corrected chi connectivity index (χ1v) is 9.43. The van der Waals surface area contributed by atoms with E-state index in [1.165, 1.54) is 20.8 Å². The van der Waals surface area contributed by atoms with E-state index in [-0.39, 0.29) is 6.61 Å². The summed E-state index contributed by atoms with van der Waals surface area (Å²) < 4.78 is 21.8. The first-order chi connectivity index (χ1) is 13.8. The van der Waals surface area contributed by atoms with Crippen molar-refractivity contribution in [2.24, 2.45) is 4.99 Å². The summed E-state index contributed by atoms with van der Waals surface area (Å²) in [4.78, 5) is 39.2. The number of nitrogens with zero attached hydrogens (tertiary/aromatic N) is 1. The number of carbonyl (C=O) groups excluding carboxylic acids is 3. The Morgan fingerprint density at radius 2 is 1.52 bits per heavy atom. The van der Waals surface area contributed by atoms with Gasteiger partial charge in [-0.05, 0) is 12.5 Å². The van der Waals surface area contributed by atoms with E-state index in [0.29, 0.717) is 13.0 Å². The second kappa shape index (κ2) is 10.7. The molecule has 0 bridgehead atoms. The lowest BCUT2D eigenvalue weighted by atomic mass is 9.95. The summed E-state index contributed by atoms with van der Waals surface area (Å²) in [6, 6.07) is 9.79. The number of benzene rings is 1. The lowest BCUT2D eigenvalue weighted by Gasteiger charge is -2.40. The third-order valence-electron chi connectivity index (χ3n) is 4.32. The van der Waals surface area contributed by atoms with Gasteiger partial charge in [0.15, 0.2) is 18.3 Å². The molecular formula is C21H27NO7. The van der Waals surface area contributed by atoms with Crippen LogP contribution in [0, 0.1) is 0 Å². The number of hydrogen-bond donors (Lipinski definition) is 0. The number of hydrogen-bond acceptors (Lipinski definition) is 8. The Labute approximate surface area is 170 Å². The average Bonchev–Trinajstić information content (AvgIpc) is 2.64. The van der Waals surface area contributed by atoms with Crippen LogP contribution in [0.2, 0.25) is 0 Å². The quantitative estimate of drug-likeness (QED) is 0.389. The molecule has 1 heterocycles. The van der Waals surface area contributed by atoms with Crippen LogP contribution in [0.3, 0.4) is 0 Å². The van der Waals surface area contributed by atoms with Crippen molar-refractivity contribution in [1.29, 1.82) is 0 Å². The Balaban J connectivity index is 2.16. The van der Waals surface area contributed by atoms with Gasteiger partial charge in [0, 0.05) is 32.9 Å². The Bertz CT molecular complexity index is 747. The standard InChI is InChI=1S/C21H27NO7/c1-13(22-11-17-8-6-5-7-9-17)10-18-20(28-15(3)24)21(29-16(4)25)19(12-26-18)27-14(2)23/h5-9,18-21H,10-12H2,1-4H3/b22-13+/t18-,19+,20-,21-/m0/s1. The van der Waals surface area contributed by atoms with Crippen molar-refractivity contribution >= 4 is 23.6 Å². The summed E-state index contributed by atoms with van der Waals surface area (Å²) in [6.45, 7) is 6.14. The van der Waals surface area contributed by atoms with Gasteiger partial charge in [0.1, 0.15) is 6.10 Å². The van der Waals surface area contributed by atoms with E-state index in [9.17, 15) is 14.4 Å². The molecule has 1 aliphatic heterocycles. The van der Waals surface area contributed by atoms with Gasteiger partial charge in [0.2, 0.25) is 0 Å². The van der Waals surface area contributed by atoms with Gasteiger partial charge >= 0.3 is 17.9 Å². The van der Waals surface area contributed by atoms with E-state index >= 15 is 0 Å². The minimum absolute atomic E-state index is 0.0198. The molecule has 0 amide bonds. The van der Waals surface area contributed by atoms with Crippen LogP contribution in [0.1, 0.15) is 39.7 Å². The maximum atomic E-state index is 11.7. The zero-order valence-electron chi connectivity index (χ0n) is 17.1. The number of esters is 3. The van der Waals surface area contributed by atoms with Crippen molar-refractivity contribution in [2.75, 3.05) is 6.61 Å². The van der Waals surface area contributed by atoms with Crippen LogP contribution >= 0.6 is 0 Å². The second-order valence-corrected chi connectivity index (χ2v) is 6.91. The van der Waals surface area contributed by atoms with E-state index < -0.39 is 42.3 Å². The van der Waals surface area contributed by atoms with Crippen molar-refractivity contribution in [3.05, 3.63) is 35.9 Å². The fraction of sp³-hybridized carbons (Fsp3) is 0.524. The monoisotopic (exact) mass is 405 g/mol. The van der Waals surface area contributed by atoms with E-state index in [1.54, 1.807) is 0 Å². The van der Waals surface area contributed by atoms with Crippen molar-refractivity contribution in [3.8, 4) is 0 Å². The zero-order chi connectivity index (χ0) is 21.4. The smallest absolute Gasteiger partial charge is 0.303 e. The number of ether oxygens (including phenoxy) is 4. The summed E-state index contributed by atoms with van der Waals surface area (Å²) in [5.41, 5.74) is 1.86. The first kappa shape index (κ1) is 22.5. The lowest BCUT2D eigenvalue weighted by Crippen LogP contribution is -2.57. The third kappa shape index (κ3) is 7.30. The van der Waals surface area contributed by atoms with Gasteiger partial charge in [0.05, 0.1) is 13.2 Å². The molecule has 2 rings (SSSR count). The number of rotatable bonds is 7. The summed E-state index contributed by atoms with van der Waals surface area (Å²) in [5.74, 6) is -1.67. The highest BCUT2D eigenvalue weighted by Gasteiger charge is 2.46. The molecule has 1 aliphatic rings. The SMILES string of the molecule is CC(=O)O[C@@H]1[C@@H](OC(C)=O)[C@H](OC(C)=O)CO[C@H]1C/C(C)=N/Cc1ccccc1. The fourth-order valence-electron chi connectivity index (χ4n) is 3.16. The zero-order valence-corrected chi connectivity index (χ0v) is 17.1. The van der Waals surface area contributed by atoms with Gasteiger partial charge in [-0.1, -0.05) is 30.3 Å². The molecule has 4 atom stereocenters. The number of carbonyl (C=O) groups is 3. The molecule has 0 spiro atoms. The normalized spacial score (nSPS) is 24.5. The predicted molar refractivity (Wildman–Crippen MR) is 104 cm³/mol. The first-order valence-electron chi connectivity index (χ1n) is 9.43. The summed E-state index contributed by atoms with van der Waals surface area (Å²) >= 11 is 0. The Morgan fingerprint density at radius 1 is 0.931 bits per heavy atom. The molecule has 8 nitrogen and oxygen atoms in total. The molecule has 0 N–H and O–H groups in total. The minimum atomic E-state index is -0.957. The summed E-state index contributed by atoms with van der Waals surface area (Å²) in [7, 11) is 0. The molecule has 0 saturated carbocycles. The van der Waals surface area contributed by atoms with Gasteiger partial charge in [-0.3, -0.25) is 19.4 Å². The van der Waals surface area contributed by atoms with E-state index in [4.69, 9.17) is 18.9 Å². The molecule has 0 unspecified atom stereocenters. The maximum absolute atomic E-state index is 11.7. The molecule has 0 aliphatic carbocycles. The van der Waals surface area contributed by atoms with Gasteiger partial charge in [-0.15, -0.1) is 0 Å².